The Kier molecular flexibility index (Phi) is 7.52. The first-order valence-electron chi connectivity index (χ1n) is 9.27. The van der Waals surface area contributed by atoms with E-state index in [9.17, 15) is 4.79 Å². The molecule has 0 fully saturated rings. The van der Waals surface area contributed by atoms with Crippen molar-refractivity contribution in [3.8, 4) is 11.5 Å². The van der Waals surface area contributed by atoms with E-state index < -0.39 is 6.10 Å². The van der Waals surface area contributed by atoms with Gasteiger partial charge in [0.25, 0.3) is 5.91 Å². The van der Waals surface area contributed by atoms with Crippen molar-refractivity contribution in [1.29, 1.82) is 0 Å². The molecule has 0 radical (unpaired) electrons. The minimum absolute atomic E-state index is 0.109. The minimum Gasteiger partial charge on any atom is -0.491 e. The third kappa shape index (κ3) is 5.80. The Bertz CT molecular complexity index is 697. The van der Waals surface area contributed by atoms with Crippen molar-refractivity contribution >= 4 is 5.91 Å². The van der Waals surface area contributed by atoms with Crippen molar-refractivity contribution in [1.82, 2.24) is 5.32 Å². The summed E-state index contributed by atoms with van der Waals surface area (Å²) in [4.78, 5) is 12.5. The number of amides is 1. The van der Waals surface area contributed by atoms with E-state index in [1.807, 2.05) is 69.3 Å². The number of hydrogen-bond donors (Lipinski definition) is 1. The van der Waals surface area contributed by atoms with Gasteiger partial charge in [0.05, 0.1) is 6.04 Å². The maximum atomic E-state index is 12.5. The fourth-order valence-corrected chi connectivity index (χ4v) is 2.60. The average Bonchev–Trinajstić information content (AvgIpc) is 2.65. The van der Waals surface area contributed by atoms with Crippen LogP contribution in [0.3, 0.4) is 0 Å². The number of ether oxygens (including phenoxy) is 2. The number of carbonyl (C=O) groups excluding carboxylic acids is 1. The van der Waals surface area contributed by atoms with E-state index >= 15 is 0 Å². The fourth-order valence-electron chi connectivity index (χ4n) is 2.60. The molecule has 4 nitrogen and oxygen atoms in total. The van der Waals surface area contributed by atoms with Gasteiger partial charge in [-0.15, -0.1) is 0 Å². The molecular weight excluding hydrogens is 326 g/mol. The van der Waals surface area contributed by atoms with E-state index in [-0.39, 0.29) is 11.9 Å². The molecule has 2 aromatic carbocycles. The zero-order chi connectivity index (χ0) is 18.9. The van der Waals surface area contributed by atoms with Gasteiger partial charge in [0, 0.05) is 0 Å². The van der Waals surface area contributed by atoms with Crippen LogP contribution >= 0.6 is 0 Å². The van der Waals surface area contributed by atoms with Crippen LogP contribution in [-0.2, 0) is 11.2 Å². The van der Waals surface area contributed by atoms with Crippen LogP contribution in [0, 0.1) is 6.92 Å². The molecule has 0 heterocycles. The molecule has 140 valence electrons. The quantitative estimate of drug-likeness (QED) is 0.729. The average molecular weight is 355 g/mol. The summed E-state index contributed by atoms with van der Waals surface area (Å²) >= 11 is 0. The van der Waals surface area contributed by atoms with Gasteiger partial charge in [-0.1, -0.05) is 44.2 Å². The summed E-state index contributed by atoms with van der Waals surface area (Å²) in [7, 11) is 0. The van der Waals surface area contributed by atoms with Gasteiger partial charge >= 0.3 is 0 Å². The first kappa shape index (κ1) is 19.8. The van der Waals surface area contributed by atoms with Crippen molar-refractivity contribution in [2.45, 2.75) is 52.7 Å². The van der Waals surface area contributed by atoms with Crippen LogP contribution in [0.4, 0.5) is 0 Å². The van der Waals surface area contributed by atoms with Gasteiger partial charge in [-0.3, -0.25) is 4.79 Å². The van der Waals surface area contributed by atoms with E-state index in [0.29, 0.717) is 18.8 Å². The lowest BCUT2D eigenvalue weighted by molar-refractivity contribution is -0.128. The summed E-state index contributed by atoms with van der Waals surface area (Å²) in [6, 6.07) is 15.6. The van der Waals surface area contributed by atoms with Crippen LogP contribution in [0.2, 0.25) is 0 Å². The van der Waals surface area contributed by atoms with E-state index in [0.717, 1.165) is 17.7 Å². The number of rotatable bonds is 9. The number of hydrogen-bond acceptors (Lipinski definition) is 3. The molecule has 0 spiro atoms. The maximum absolute atomic E-state index is 12.5. The van der Waals surface area contributed by atoms with Crippen molar-refractivity contribution in [2.75, 3.05) is 6.61 Å². The Morgan fingerprint density at radius 2 is 1.77 bits per heavy atom. The highest BCUT2D eigenvalue weighted by atomic mass is 16.5. The van der Waals surface area contributed by atoms with Crippen LogP contribution < -0.4 is 14.8 Å². The monoisotopic (exact) mass is 355 g/mol. The topological polar surface area (TPSA) is 47.6 Å². The Labute approximate surface area is 156 Å². The van der Waals surface area contributed by atoms with Gasteiger partial charge in [0.15, 0.2) is 6.10 Å². The Morgan fingerprint density at radius 3 is 2.38 bits per heavy atom. The zero-order valence-electron chi connectivity index (χ0n) is 16.1. The van der Waals surface area contributed by atoms with Crippen LogP contribution in [0.25, 0.3) is 0 Å². The molecule has 26 heavy (non-hydrogen) atoms. The number of aryl methyl sites for hydroxylation is 2. The summed E-state index contributed by atoms with van der Waals surface area (Å²) in [5.41, 5.74) is 2.33. The minimum atomic E-state index is -0.511. The largest absolute Gasteiger partial charge is 0.491 e. The third-order valence-electron chi connectivity index (χ3n) is 4.24. The molecule has 2 rings (SSSR count). The van der Waals surface area contributed by atoms with Gasteiger partial charge in [-0.25, -0.2) is 0 Å². The van der Waals surface area contributed by atoms with Crippen molar-refractivity contribution < 1.29 is 14.3 Å². The standard InChI is InChI=1S/C22H29NO3/c1-5-18-11-13-19(14-12-18)26-20(6-2)22(24)23-17(4)15-25-21-10-8-7-9-16(21)3/h7-14,17,20H,5-6,15H2,1-4H3,(H,23,24)/t17-,20+/m1/s1. The number of para-hydroxylation sites is 1. The first-order valence-corrected chi connectivity index (χ1v) is 9.27. The second-order valence-electron chi connectivity index (χ2n) is 6.50. The normalized spacial score (nSPS) is 12.9. The molecule has 0 aliphatic rings. The lowest BCUT2D eigenvalue weighted by Gasteiger charge is -2.21. The van der Waals surface area contributed by atoms with Crippen molar-refractivity contribution in [2.24, 2.45) is 0 Å². The lowest BCUT2D eigenvalue weighted by atomic mass is 10.1. The molecule has 1 N–H and O–H groups in total. The van der Waals surface area contributed by atoms with Crippen LogP contribution in [0.1, 0.15) is 38.3 Å². The molecule has 4 heteroatoms. The zero-order valence-corrected chi connectivity index (χ0v) is 16.1. The van der Waals surface area contributed by atoms with Gasteiger partial charge in [0.2, 0.25) is 0 Å². The van der Waals surface area contributed by atoms with E-state index in [2.05, 4.69) is 12.2 Å². The van der Waals surface area contributed by atoms with Crippen LogP contribution in [-0.4, -0.2) is 24.7 Å². The molecular formula is C22H29NO3. The smallest absolute Gasteiger partial charge is 0.261 e. The summed E-state index contributed by atoms with van der Waals surface area (Å²) in [5.74, 6) is 1.44. The molecule has 0 aliphatic heterocycles. The van der Waals surface area contributed by atoms with Crippen molar-refractivity contribution in [3.63, 3.8) is 0 Å². The highest BCUT2D eigenvalue weighted by molar-refractivity contribution is 5.81. The summed E-state index contributed by atoms with van der Waals surface area (Å²) < 4.78 is 11.7. The number of benzene rings is 2. The molecule has 2 atom stereocenters. The molecule has 0 aliphatic carbocycles. The molecule has 0 saturated heterocycles. The van der Waals surface area contributed by atoms with Crippen LogP contribution in [0.5, 0.6) is 11.5 Å². The Balaban J connectivity index is 1.85. The van der Waals surface area contributed by atoms with Gasteiger partial charge < -0.3 is 14.8 Å². The highest BCUT2D eigenvalue weighted by Crippen LogP contribution is 2.17. The Morgan fingerprint density at radius 1 is 1.08 bits per heavy atom. The predicted molar refractivity (Wildman–Crippen MR) is 105 cm³/mol. The molecule has 1 amide bonds. The number of carbonyl (C=O) groups is 1. The van der Waals surface area contributed by atoms with Crippen molar-refractivity contribution in [3.05, 3.63) is 59.7 Å². The SMILES string of the molecule is CCc1ccc(O[C@@H](CC)C(=O)N[C@H](C)COc2ccccc2C)cc1. The summed E-state index contributed by atoms with van der Waals surface area (Å²) in [6.45, 7) is 8.40. The first-order chi connectivity index (χ1) is 12.5. The molecule has 0 aromatic heterocycles. The Hall–Kier alpha value is -2.49. The van der Waals surface area contributed by atoms with E-state index in [4.69, 9.17) is 9.47 Å². The predicted octanol–water partition coefficient (Wildman–Crippen LogP) is 4.30. The van der Waals surface area contributed by atoms with E-state index in [1.165, 1.54) is 5.56 Å². The second-order valence-corrected chi connectivity index (χ2v) is 6.50. The van der Waals surface area contributed by atoms with E-state index in [1.54, 1.807) is 0 Å². The maximum Gasteiger partial charge on any atom is 0.261 e. The molecule has 2 aromatic rings. The van der Waals surface area contributed by atoms with Gasteiger partial charge in [0.1, 0.15) is 18.1 Å². The third-order valence-corrected chi connectivity index (χ3v) is 4.24. The molecule has 0 bridgehead atoms. The lowest BCUT2D eigenvalue weighted by Crippen LogP contribution is -2.44. The van der Waals surface area contributed by atoms with Gasteiger partial charge in [-0.2, -0.15) is 0 Å². The second kappa shape index (κ2) is 9.85. The summed E-state index contributed by atoms with van der Waals surface area (Å²) in [5, 5.41) is 2.97. The molecule has 0 saturated carbocycles. The fraction of sp³-hybridized carbons (Fsp3) is 0.409. The summed E-state index contributed by atoms with van der Waals surface area (Å²) in [6.07, 6.45) is 1.08. The number of nitrogens with one attached hydrogen (secondary N) is 1. The molecule has 0 unspecified atom stereocenters. The van der Waals surface area contributed by atoms with Crippen LogP contribution in [0.15, 0.2) is 48.5 Å². The van der Waals surface area contributed by atoms with Gasteiger partial charge in [-0.05, 0) is 56.0 Å². The highest BCUT2D eigenvalue weighted by Gasteiger charge is 2.20.